The number of rotatable bonds is 8. The summed E-state index contributed by atoms with van der Waals surface area (Å²) in [6.07, 6.45) is 2.66. The Morgan fingerprint density at radius 2 is 1.67 bits per heavy atom. The lowest BCUT2D eigenvalue weighted by Crippen LogP contribution is -2.43. The Morgan fingerprint density at radius 1 is 1.11 bits per heavy atom. The predicted molar refractivity (Wildman–Crippen MR) is 74.2 cm³/mol. The van der Waals surface area contributed by atoms with Crippen LogP contribution in [0.4, 0.5) is 0 Å². The Morgan fingerprint density at radius 3 is 2.06 bits per heavy atom. The molecular weight excluding hydrogens is 228 g/mol. The van der Waals surface area contributed by atoms with Gasteiger partial charge in [0, 0.05) is 32.0 Å². The van der Waals surface area contributed by atoms with Gasteiger partial charge < -0.3 is 10.2 Å². The molecule has 0 aliphatic heterocycles. The van der Waals surface area contributed by atoms with Gasteiger partial charge in [-0.15, -0.1) is 0 Å². The zero-order chi connectivity index (χ0) is 14.1. The molecule has 1 unspecified atom stereocenters. The number of hydrogen-bond donors (Lipinski definition) is 1. The molecule has 0 aromatic rings. The molecule has 0 aliphatic carbocycles. The van der Waals surface area contributed by atoms with Crippen LogP contribution in [0.1, 0.15) is 53.9 Å². The molecule has 106 valence electrons. The Kier molecular flexibility index (Phi) is 8.42. The zero-order valence-electron chi connectivity index (χ0n) is 12.5. The van der Waals surface area contributed by atoms with Gasteiger partial charge in [-0.3, -0.25) is 9.59 Å². The molecule has 4 nitrogen and oxygen atoms in total. The van der Waals surface area contributed by atoms with Crippen LogP contribution in [0.5, 0.6) is 0 Å². The normalized spacial score (nSPS) is 12.3. The Balaban J connectivity index is 4.14. The summed E-state index contributed by atoms with van der Waals surface area (Å²) in [5.74, 6) is 0.271. The fourth-order valence-electron chi connectivity index (χ4n) is 2.01. The molecule has 1 atom stereocenters. The van der Waals surface area contributed by atoms with Crippen molar-refractivity contribution in [3.05, 3.63) is 0 Å². The second kappa shape index (κ2) is 8.95. The number of carbonyl (C=O) groups excluding carboxylic acids is 2. The fraction of sp³-hybridized carbons (Fsp3) is 0.857. The van der Waals surface area contributed by atoms with Crippen molar-refractivity contribution in [1.82, 2.24) is 10.2 Å². The Labute approximate surface area is 111 Å². The van der Waals surface area contributed by atoms with E-state index in [0.29, 0.717) is 13.1 Å². The molecule has 1 N–H and O–H groups in total. The van der Waals surface area contributed by atoms with Crippen molar-refractivity contribution in [1.29, 1.82) is 0 Å². The topological polar surface area (TPSA) is 49.4 Å². The lowest BCUT2D eigenvalue weighted by atomic mass is 10.0. The van der Waals surface area contributed by atoms with Gasteiger partial charge >= 0.3 is 0 Å². The van der Waals surface area contributed by atoms with Gasteiger partial charge in [0.15, 0.2) is 0 Å². The molecule has 4 heteroatoms. The first kappa shape index (κ1) is 16.9. The Hall–Kier alpha value is -1.06. The summed E-state index contributed by atoms with van der Waals surface area (Å²) < 4.78 is 0. The van der Waals surface area contributed by atoms with E-state index in [-0.39, 0.29) is 23.8 Å². The minimum Gasteiger partial charge on any atom is -0.354 e. The molecule has 0 saturated carbocycles. The van der Waals surface area contributed by atoms with E-state index in [1.807, 2.05) is 25.7 Å². The number of nitrogens with one attached hydrogen (secondary N) is 1. The summed E-state index contributed by atoms with van der Waals surface area (Å²) in [5, 5.41) is 2.92. The number of nitrogens with zero attached hydrogens (tertiary/aromatic N) is 1. The van der Waals surface area contributed by atoms with E-state index in [0.717, 1.165) is 19.3 Å². The highest BCUT2D eigenvalue weighted by Crippen LogP contribution is 2.07. The van der Waals surface area contributed by atoms with Crippen molar-refractivity contribution in [2.45, 2.75) is 59.9 Å². The molecule has 18 heavy (non-hydrogen) atoms. The molecular formula is C14H28N2O2. The molecule has 0 heterocycles. The fourth-order valence-corrected chi connectivity index (χ4v) is 2.01. The smallest absolute Gasteiger partial charge is 0.223 e. The minimum absolute atomic E-state index is 0.0705. The van der Waals surface area contributed by atoms with Crippen LogP contribution in [0, 0.1) is 5.92 Å². The van der Waals surface area contributed by atoms with Gasteiger partial charge in [0.2, 0.25) is 11.8 Å². The zero-order valence-corrected chi connectivity index (χ0v) is 12.5. The average Bonchev–Trinajstić information content (AvgIpc) is 2.34. The molecule has 2 amide bonds. The van der Waals surface area contributed by atoms with Crippen LogP contribution in [0.3, 0.4) is 0 Å². The lowest BCUT2D eigenvalue weighted by Gasteiger charge is -2.27. The maximum Gasteiger partial charge on any atom is 0.223 e. The van der Waals surface area contributed by atoms with Gasteiger partial charge in [0.1, 0.15) is 0 Å². The number of carbonyl (C=O) groups is 2. The van der Waals surface area contributed by atoms with Crippen molar-refractivity contribution >= 4 is 11.8 Å². The van der Waals surface area contributed by atoms with Gasteiger partial charge in [-0.2, -0.15) is 0 Å². The lowest BCUT2D eigenvalue weighted by molar-refractivity contribution is -0.131. The largest absolute Gasteiger partial charge is 0.354 e. The van der Waals surface area contributed by atoms with Crippen molar-refractivity contribution < 1.29 is 9.59 Å². The van der Waals surface area contributed by atoms with Crippen LogP contribution in [0.25, 0.3) is 0 Å². The van der Waals surface area contributed by atoms with Crippen LogP contribution >= 0.6 is 0 Å². The maximum atomic E-state index is 11.8. The summed E-state index contributed by atoms with van der Waals surface area (Å²) in [5.41, 5.74) is 0. The summed E-state index contributed by atoms with van der Waals surface area (Å²) in [6, 6.07) is 0.229. The Bertz CT molecular complexity index is 263. The number of amides is 2. The van der Waals surface area contributed by atoms with E-state index < -0.39 is 0 Å². The molecule has 0 saturated heterocycles. The molecule has 0 radical (unpaired) electrons. The third kappa shape index (κ3) is 5.52. The van der Waals surface area contributed by atoms with E-state index in [2.05, 4.69) is 12.2 Å². The van der Waals surface area contributed by atoms with Gasteiger partial charge in [0.25, 0.3) is 0 Å². The average molecular weight is 256 g/mol. The van der Waals surface area contributed by atoms with E-state index in [1.54, 1.807) is 6.92 Å². The van der Waals surface area contributed by atoms with E-state index in [1.165, 1.54) is 0 Å². The molecule has 0 aromatic heterocycles. The van der Waals surface area contributed by atoms with Gasteiger partial charge in [-0.1, -0.05) is 20.8 Å². The number of hydrogen-bond acceptors (Lipinski definition) is 2. The van der Waals surface area contributed by atoms with Crippen LogP contribution in [0.15, 0.2) is 0 Å². The standard InChI is InChI=1S/C14H28N2O2/c1-6-11(4)16(12(5)17)10-9-15-14(18)13(7-2)8-3/h11,13H,6-10H2,1-5H3,(H,15,18). The second-order valence-corrected chi connectivity index (χ2v) is 4.77. The predicted octanol–water partition coefficient (Wildman–Crippen LogP) is 2.19. The van der Waals surface area contributed by atoms with Crippen molar-refractivity contribution in [3.8, 4) is 0 Å². The van der Waals surface area contributed by atoms with Crippen LogP contribution in [0.2, 0.25) is 0 Å². The SMILES string of the molecule is CCC(CC)C(=O)NCCN(C(C)=O)C(C)CC. The molecule has 0 aliphatic rings. The van der Waals surface area contributed by atoms with E-state index in [9.17, 15) is 9.59 Å². The second-order valence-electron chi connectivity index (χ2n) is 4.77. The van der Waals surface area contributed by atoms with Gasteiger partial charge in [-0.05, 0) is 26.2 Å². The molecule has 0 rings (SSSR count). The first-order valence-corrected chi connectivity index (χ1v) is 7.02. The van der Waals surface area contributed by atoms with Gasteiger partial charge in [0.05, 0.1) is 0 Å². The molecule has 0 aromatic carbocycles. The molecule has 0 spiro atoms. The van der Waals surface area contributed by atoms with Crippen molar-refractivity contribution in [2.24, 2.45) is 5.92 Å². The molecule has 0 bridgehead atoms. The van der Waals surface area contributed by atoms with Crippen LogP contribution in [-0.2, 0) is 9.59 Å². The third-order valence-corrected chi connectivity index (χ3v) is 3.54. The summed E-state index contributed by atoms with van der Waals surface area (Å²) in [6.45, 7) is 10.8. The first-order valence-electron chi connectivity index (χ1n) is 7.02. The highest BCUT2D eigenvalue weighted by atomic mass is 16.2. The van der Waals surface area contributed by atoms with Crippen molar-refractivity contribution in [3.63, 3.8) is 0 Å². The highest BCUT2D eigenvalue weighted by Gasteiger charge is 2.17. The monoisotopic (exact) mass is 256 g/mol. The third-order valence-electron chi connectivity index (χ3n) is 3.54. The van der Waals surface area contributed by atoms with E-state index >= 15 is 0 Å². The summed E-state index contributed by atoms with van der Waals surface area (Å²) in [4.78, 5) is 25.1. The summed E-state index contributed by atoms with van der Waals surface area (Å²) >= 11 is 0. The van der Waals surface area contributed by atoms with Crippen LogP contribution in [-0.4, -0.2) is 35.8 Å². The van der Waals surface area contributed by atoms with Gasteiger partial charge in [-0.25, -0.2) is 0 Å². The van der Waals surface area contributed by atoms with Crippen molar-refractivity contribution in [2.75, 3.05) is 13.1 Å². The maximum absolute atomic E-state index is 11.8. The van der Waals surface area contributed by atoms with E-state index in [4.69, 9.17) is 0 Å². The van der Waals surface area contributed by atoms with Crippen LogP contribution < -0.4 is 5.32 Å². The quantitative estimate of drug-likeness (QED) is 0.723. The highest BCUT2D eigenvalue weighted by molar-refractivity contribution is 5.78. The molecule has 0 fully saturated rings. The first-order chi connectivity index (χ1) is 8.47. The minimum atomic E-state index is 0.0705. The summed E-state index contributed by atoms with van der Waals surface area (Å²) in [7, 11) is 0.